The Labute approximate surface area is 98.9 Å². The van der Waals surface area contributed by atoms with Crippen LogP contribution in [-0.2, 0) is 4.79 Å². The minimum atomic E-state index is -0.753. The average Bonchev–Trinajstić information content (AvgIpc) is 2.28. The summed E-state index contributed by atoms with van der Waals surface area (Å²) in [6.45, 7) is 2.49. The maximum absolute atomic E-state index is 10.8. The van der Waals surface area contributed by atoms with E-state index in [0.29, 0.717) is 6.61 Å². The van der Waals surface area contributed by atoms with Crippen molar-refractivity contribution < 1.29 is 9.53 Å². The molecule has 0 bridgehead atoms. The highest BCUT2D eigenvalue weighted by atomic mass is 35.5. The summed E-state index contributed by atoms with van der Waals surface area (Å²) in [5, 5.41) is 7.89. The number of ether oxygens (including phenoxy) is 1. The lowest BCUT2D eigenvalue weighted by molar-refractivity contribution is -0.108. The van der Waals surface area contributed by atoms with Gasteiger partial charge in [-0.15, -0.1) is 0 Å². The van der Waals surface area contributed by atoms with E-state index in [1.54, 1.807) is 30.3 Å². The van der Waals surface area contributed by atoms with Crippen molar-refractivity contribution in [3.63, 3.8) is 0 Å². The Morgan fingerprint density at radius 3 is 2.56 bits per heavy atom. The zero-order valence-corrected chi connectivity index (χ0v) is 9.49. The van der Waals surface area contributed by atoms with E-state index < -0.39 is 5.24 Å². The molecule has 1 aromatic carbocycles. The van der Waals surface area contributed by atoms with Crippen LogP contribution < -0.4 is 4.74 Å². The van der Waals surface area contributed by atoms with Gasteiger partial charge in [-0.25, -0.2) is 0 Å². The molecule has 0 aliphatic heterocycles. The third kappa shape index (κ3) is 3.41. The molecular weight excluding hydrogens is 226 g/mol. The number of hydrogen-bond donors (Lipinski definition) is 0. The zero-order valence-electron chi connectivity index (χ0n) is 8.74. The first-order valence-corrected chi connectivity index (χ1v) is 5.09. The number of halogens is 1. The fourth-order valence-corrected chi connectivity index (χ4v) is 1.22. The second-order valence-corrected chi connectivity index (χ2v) is 3.29. The van der Waals surface area contributed by atoms with Crippen LogP contribution in [-0.4, -0.2) is 11.8 Å². The highest BCUT2D eigenvalue weighted by molar-refractivity contribution is 6.68. The Morgan fingerprint density at radius 1 is 1.50 bits per heavy atom. The Hall–Kier alpha value is -1.79. The standard InChI is InChI=1S/C12H10ClNO2/c1-2-16-11-5-3-9(4-6-11)7-10(8-14)12(13)15/h3-7H,2H2,1H3/b10-7+. The van der Waals surface area contributed by atoms with Gasteiger partial charge in [0.05, 0.1) is 6.61 Å². The number of allylic oxidation sites excluding steroid dienone is 1. The van der Waals surface area contributed by atoms with Gasteiger partial charge in [-0.2, -0.15) is 5.26 Å². The summed E-state index contributed by atoms with van der Waals surface area (Å²) in [5.74, 6) is 0.746. The Morgan fingerprint density at radius 2 is 2.12 bits per heavy atom. The molecule has 3 nitrogen and oxygen atoms in total. The first-order valence-electron chi connectivity index (χ1n) is 4.72. The molecule has 4 heteroatoms. The summed E-state index contributed by atoms with van der Waals surface area (Å²) in [4.78, 5) is 10.8. The quantitative estimate of drug-likeness (QED) is 0.458. The lowest BCUT2D eigenvalue weighted by Crippen LogP contribution is -1.91. The van der Waals surface area contributed by atoms with Crippen LogP contribution >= 0.6 is 11.6 Å². The molecule has 1 rings (SSSR count). The molecular formula is C12H10ClNO2. The highest BCUT2D eigenvalue weighted by Gasteiger charge is 2.04. The molecule has 0 spiro atoms. The largest absolute Gasteiger partial charge is 0.494 e. The second-order valence-electron chi connectivity index (χ2n) is 2.95. The van der Waals surface area contributed by atoms with Gasteiger partial charge < -0.3 is 4.74 Å². The van der Waals surface area contributed by atoms with Crippen molar-refractivity contribution in [1.29, 1.82) is 5.26 Å². The second kappa shape index (κ2) is 5.94. The van der Waals surface area contributed by atoms with Gasteiger partial charge in [-0.3, -0.25) is 4.79 Å². The molecule has 0 N–H and O–H groups in total. The van der Waals surface area contributed by atoms with E-state index in [4.69, 9.17) is 21.6 Å². The van der Waals surface area contributed by atoms with Crippen molar-refractivity contribution in [2.24, 2.45) is 0 Å². The lowest BCUT2D eigenvalue weighted by atomic mass is 10.1. The molecule has 0 unspecified atom stereocenters. The van der Waals surface area contributed by atoms with Crippen LogP contribution in [0.2, 0.25) is 0 Å². The topological polar surface area (TPSA) is 50.1 Å². The molecule has 1 aromatic rings. The predicted octanol–water partition coefficient (Wildman–Crippen LogP) is 2.76. The van der Waals surface area contributed by atoms with E-state index in [0.717, 1.165) is 11.3 Å². The molecule has 0 atom stereocenters. The van der Waals surface area contributed by atoms with Gasteiger partial charge in [0, 0.05) is 0 Å². The minimum absolute atomic E-state index is 0.0779. The van der Waals surface area contributed by atoms with Crippen molar-refractivity contribution in [2.75, 3.05) is 6.61 Å². The van der Waals surface area contributed by atoms with E-state index in [2.05, 4.69) is 0 Å². The van der Waals surface area contributed by atoms with E-state index in [-0.39, 0.29) is 5.57 Å². The van der Waals surface area contributed by atoms with Crippen LogP contribution in [0.4, 0.5) is 0 Å². The molecule has 0 aromatic heterocycles. The fraction of sp³-hybridized carbons (Fsp3) is 0.167. The number of carbonyl (C=O) groups is 1. The Bertz CT molecular complexity index is 443. The third-order valence-corrected chi connectivity index (χ3v) is 2.04. The lowest BCUT2D eigenvalue weighted by Gasteiger charge is -2.02. The van der Waals surface area contributed by atoms with Gasteiger partial charge in [-0.05, 0) is 42.3 Å². The first kappa shape index (κ1) is 12.3. The number of benzene rings is 1. The van der Waals surface area contributed by atoms with Gasteiger partial charge in [0.15, 0.2) is 0 Å². The van der Waals surface area contributed by atoms with Crippen molar-refractivity contribution in [3.05, 3.63) is 35.4 Å². The van der Waals surface area contributed by atoms with Gasteiger partial charge in [0.2, 0.25) is 0 Å². The summed E-state index contributed by atoms with van der Waals surface area (Å²) in [7, 11) is 0. The van der Waals surface area contributed by atoms with E-state index >= 15 is 0 Å². The van der Waals surface area contributed by atoms with Crippen molar-refractivity contribution in [3.8, 4) is 11.8 Å². The maximum atomic E-state index is 10.8. The highest BCUT2D eigenvalue weighted by Crippen LogP contribution is 2.15. The molecule has 0 fully saturated rings. The number of rotatable bonds is 4. The van der Waals surface area contributed by atoms with Gasteiger partial charge in [0.1, 0.15) is 17.4 Å². The summed E-state index contributed by atoms with van der Waals surface area (Å²) in [5.41, 5.74) is 0.653. The SMILES string of the molecule is CCOc1ccc(/C=C(\C#N)C(=O)Cl)cc1. The zero-order chi connectivity index (χ0) is 12.0. The fourth-order valence-electron chi connectivity index (χ4n) is 1.13. The number of carbonyl (C=O) groups excluding carboxylic acids is 1. The summed E-state index contributed by atoms with van der Waals surface area (Å²) >= 11 is 5.22. The van der Waals surface area contributed by atoms with Crippen molar-refractivity contribution >= 4 is 22.9 Å². The molecule has 0 heterocycles. The van der Waals surface area contributed by atoms with Crippen LogP contribution in [0.5, 0.6) is 5.75 Å². The summed E-state index contributed by atoms with van der Waals surface area (Å²) in [6, 6.07) is 8.78. The summed E-state index contributed by atoms with van der Waals surface area (Å²) in [6.07, 6.45) is 1.44. The molecule has 82 valence electrons. The van der Waals surface area contributed by atoms with Crippen LogP contribution in [0.3, 0.4) is 0 Å². The third-order valence-electron chi connectivity index (χ3n) is 1.83. The molecule has 0 aliphatic rings. The smallest absolute Gasteiger partial charge is 0.262 e. The van der Waals surface area contributed by atoms with E-state index in [1.165, 1.54) is 6.08 Å². The van der Waals surface area contributed by atoms with Gasteiger partial charge in [-0.1, -0.05) is 12.1 Å². The summed E-state index contributed by atoms with van der Waals surface area (Å²) < 4.78 is 5.26. The molecule has 16 heavy (non-hydrogen) atoms. The van der Waals surface area contributed by atoms with Crippen LogP contribution in [0.25, 0.3) is 6.08 Å². The van der Waals surface area contributed by atoms with Gasteiger partial charge >= 0.3 is 0 Å². The Balaban J connectivity index is 2.90. The van der Waals surface area contributed by atoms with E-state index in [9.17, 15) is 4.79 Å². The molecule has 0 amide bonds. The van der Waals surface area contributed by atoms with Crippen LogP contribution in [0, 0.1) is 11.3 Å². The average molecular weight is 236 g/mol. The number of nitrogens with zero attached hydrogens (tertiary/aromatic N) is 1. The van der Waals surface area contributed by atoms with Gasteiger partial charge in [0.25, 0.3) is 5.24 Å². The monoisotopic (exact) mass is 235 g/mol. The normalized spacial score (nSPS) is 10.7. The molecule has 0 aliphatic carbocycles. The first-order chi connectivity index (χ1) is 7.67. The van der Waals surface area contributed by atoms with Crippen LogP contribution in [0.1, 0.15) is 12.5 Å². The molecule has 0 saturated heterocycles. The van der Waals surface area contributed by atoms with Crippen molar-refractivity contribution in [1.82, 2.24) is 0 Å². The molecule has 0 saturated carbocycles. The maximum Gasteiger partial charge on any atom is 0.262 e. The number of hydrogen-bond acceptors (Lipinski definition) is 3. The van der Waals surface area contributed by atoms with E-state index in [1.807, 2.05) is 6.92 Å². The minimum Gasteiger partial charge on any atom is -0.494 e. The van der Waals surface area contributed by atoms with Crippen molar-refractivity contribution in [2.45, 2.75) is 6.92 Å². The predicted molar refractivity (Wildman–Crippen MR) is 62.1 cm³/mol. The molecule has 0 radical (unpaired) electrons. The number of nitriles is 1. The van der Waals surface area contributed by atoms with Crippen LogP contribution in [0.15, 0.2) is 29.8 Å². The Kier molecular flexibility index (Phi) is 4.56.